The van der Waals surface area contributed by atoms with Gasteiger partial charge in [0.05, 0.1) is 25.5 Å². The lowest BCUT2D eigenvalue weighted by molar-refractivity contribution is 0.373. The number of rotatable bonds is 8. The van der Waals surface area contributed by atoms with Crippen molar-refractivity contribution in [1.29, 1.82) is 0 Å². The topological polar surface area (TPSA) is 85.8 Å². The van der Waals surface area contributed by atoms with Gasteiger partial charge >= 0.3 is 0 Å². The number of imidazole rings is 1. The Morgan fingerprint density at radius 3 is 2.77 bits per heavy atom. The highest BCUT2D eigenvalue weighted by Gasteiger charge is 2.10. The summed E-state index contributed by atoms with van der Waals surface area (Å²) in [6.07, 6.45) is 2.61. The van der Waals surface area contributed by atoms with E-state index in [9.17, 15) is 5.11 Å². The number of hydrogen-bond donors (Lipinski definition) is 3. The van der Waals surface area contributed by atoms with Gasteiger partial charge < -0.3 is 25.0 Å². The van der Waals surface area contributed by atoms with Crippen LogP contribution in [0.25, 0.3) is 11.3 Å². The van der Waals surface area contributed by atoms with Gasteiger partial charge in [-0.1, -0.05) is 36.4 Å². The van der Waals surface area contributed by atoms with Gasteiger partial charge in [0, 0.05) is 20.1 Å². The lowest BCUT2D eigenvalue weighted by Crippen LogP contribution is -2.38. The van der Waals surface area contributed by atoms with E-state index < -0.39 is 0 Å². The number of aromatic hydroxyl groups is 1. The fourth-order valence-corrected chi connectivity index (χ4v) is 3.14. The molecule has 0 aliphatic carbocycles. The first-order chi connectivity index (χ1) is 14.6. The third-order valence-electron chi connectivity index (χ3n) is 4.70. The second-order valence-corrected chi connectivity index (χ2v) is 6.96. The molecular formula is C23H29N5O2. The molecule has 1 heterocycles. The van der Waals surface area contributed by atoms with E-state index in [1.165, 1.54) is 0 Å². The average molecular weight is 408 g/mol. The second kappa shape index (κ2) is 10.3. The van der Waals surface area contributed by atoms with Crippen molar-refractivity contribution in [3.05, 3.63) is 66.1 Å². The van der Waals surface area contributed by atoms with Crippen molar-refractivity contribution in [1.82, 2.24) is 20.2 Å². The fraction of sp³-hybridized carbons (Fsp3) is 0.304. The minimum absolute atomic E-state index is 0.145. The highest BCUT2D eigenvalue weighted by Crippen LogP contribution is 2.26. The van der Waals surface area contributed by atoms with E-state index in [0.717, 1.165) is 41.6 Å². The van der Waals surface area contributed by atoms with Crippen molar-refractivity contribution in [2.24, 2.45) is 4.99 Å². The Bertz CT molecular complexity index is 969. The Morgan fingerprint density at radius 1 is 1.23 bits per heavy atom. The van der Waals surface area contributed by atoms with Crippen LogP contribution in [0.1, 0.15) is 18.3 Å². The Balaban J connectivity index is 1.63. The van der Waals surface area contributed by atoms with E-state index in [-0.39, 0.29) is 5.75 Å². The first-order valence-electron chi connectivity index (χ1n) is 10.0. The summed E-state index contributed by atoms with van der Waals surface area (Å²) < 4.78 is 5.17. The van der Waals surface area contributed by atoms with Gasteiger partial charge in [0.1, 0.15) is 5.82 Å². The van der Waals surface area contributed by atoms with Gasteiger partial charge in [-0.3, -0.25) is 4.99 Å². The van der Waals surface area contributed by atoms with E-state index in [2.05, 4.69) is 39.2 Å². The summed E-state index contributed by atoms with van der Waals surface area (Å²) in [5.41, 5.74) is 3.18. The van der Waals surface area contributed by atoms with Gasteiger partial charge in [0.2, 0.25) is 0 Å². The average Bonchev–Trinajstić information content (AvgIpc) is 3.23. The van der Waals surface area contributed by atoms with Crippen LogP contribution in [-0.2, 0) is 13.0 Å². The summed E-state index contributed by atoms with van der Waals surface area (Å²) in [5.74, 6) is 2.32. The largest absolute Gasteiger partial charge is 0.504 e. The zero-order valence-corrected chi connectivity index (χ0v) is 17.7. The van der Waals surface area contributed by atoms with Gasteiger partial charge in [-0.15, -0.1) is 0 Å². The predicted octanol–water partition coefficient (Wildman–Crippen LogP) is 3.43. The van der Waals surface area contributed by atoms with Crippen LogP contribution >= 0.6 is 0 Å². The van der Waals surface area contributed by atoms with Crippen molar-refractivity contribution < 1.29 is 9.84 Å². The summed E-state index contributed by atoms with van der Waals surface area (Å²) in [5, 5.41) is 13.1. The molecular weight excluding hydrogens is 378 g/mol. The number of aromatic nitrogens is 2. The predicted molar refractivity (Wildman–Crippen MR) is 120 cm³/mol. The van der Waals surface area contributed by atoms with E-state index in [0.29, 0.717) is 18.8 Å². The summed E-state index contributed by atoms with van der Waals surface area (Å²) in [4.78, 5) is 14.7. The maximum absolute atomic E-state index is 9.73. The molecule has 0 aliphatic rings. The van der Waals surface area contributed by atoms with Crippen molar-refractivity contribution >= 4 is 5.96 Å². The molecule has 0 bridgehead atoms. The van der Waals surface area contributed by atoms with Gasteiger partial charge in [0.25, 0.3) is 0 Å². The monoisotopic (exact) mass is 407 g/mol. The number of nitrogens with zero attached hydrogens (tertiary/aromatic N) is 3. The molecule has 0 atom stereocenters. The minimum Gasteiger partial charge on any atom is -0.504 e. The summed E-state index contributed by atoms with van der Waals surface area (Å²) in [6, 6.07) is 15.5. The molecule has 3 rings (SSSR count). The number of methoxy groups -OCH3 is 1. The maximum Gasteiger partial charge on any atom is 0.194 e. The third kappa shape index (κ3) is 5.53. The summed E-state index contributed by atoms with van der Waals surface area (Å²) in [7, 11) is 3.54. The highest BCUT2D eigenvalue weighted by atomic mass is 16.5. The number of phenols is 1. The van der Waals surface area contributed by atoms with E-state index in [4.69, 9.17) is 9.73 Å². The first kappa shape index (κ1) is 21.2. The number of H-pyrrole nitrogens is 1. The quantitative estimate of drug-likeness (QED) is 0.393. The molecule has 158 valence electrons. The Kier molecular flexibility index (Phi) is 7.32. The summed E-state index contributed by atoms with van der Waals surface area (Å²) in [6.45, 7) is 4.07. The van der Waals surface area contributed by atoms with Gasteiger partial charge in [0.15, 0.2) is 17.5 Å². The molecule has 7 heteroatoms. The first-order valence-corrected chi connectivity index (χ1v) is 10.0. The Labute approximate surface area is 177 Å². The van der Waals surface area contributed by atoms with Crippen molar-refractivity contribution in [3.63, 3.8) is 0 Å². The summed E-state index contributed by atoms with van der Waals surface area (Å²) >= 11 is 0. The number of benzene rings is 2. The number of aliphatic imine (C=N–C) groups is 1. The molecule has 1 aromatic heterocycles. The zero-order valence-electron chi connectivity index (χ0n) is 17.7. The van der Waals surface area contributed by atoms with Crippen LogP contribution < -0.4 is 10.1 Å². The smallest absolute Gasteiger partial charge is 0.194 e. The number of aromatic amines is 1. The zero-order chi connectivity index (χ0) is 21.3. The molecule has 0 spiro atoms. The SMILES string of the molecule is CCNC(=NCCc1ccc(O)c(OC)c1)N(C)Cc1ncc(-c2ccccc2)[nH]1. The second-order valence-electron chi connectivity index (χ2n) is 6.96. The van der Waals surface area contributed by atoms with Crippen LogP contribution in [0.5, 0.6) is 11.5 Å². The van der Waals surface area contributed by atoms with Gasteiger partial charge in [-0.2, -0.15) is 0 Å². The minimum atomic E-state index is 0.145. The van der Waals surface area contributed by atoms with Crippen LogP contribution in [0.2, 0.25) is 0 Å². The molecule has 0 amide bonds. The molecule has 3 N–H and O–H groups in total. The van der Waals surface area contributed by atoms with Gasteiger partial charge in [-0.05, 0) is 36.6 Å². The van der Waals surface area contributed by atoms with Crippen LogP contribution in [0.4, 0.5) is 0 Å². The van der Waals surface area contributed by atoms with Crippen LogP contribution in [0.15, 0.2) is 59.7 Å². The van der Waals surface area contributed by atoms with E-state index in [1.54, 1.807) is 13.2 Å². The van der Waals surface area contributed by atoms with E-state index >= 15 is 0 Å². The number of ether oxygens (including phenoxy) is 1. The third-order valence-corrected chi connectivity index (χ3v) is 4.70. The number of nitrogens with one attached hydrogen (secondary N) is 2. The number of phenolic OH excluding ortho intramolecular Hbond substituents is 1. The van der Waals surface area contributed by atoms with Crippen molar-refractivity contribution in [2.45, 2.75) is 19.9 Å². The Morgan fingerprint density at radius 2 is 2.03 bits per heavy atom. The van der Waals surface area contributed by atoms with Crippen molar-refractivity contribution in [2.75, 3.05) is 27.2 Å². The van der Waals surface area contributed by atoms with Gasteiger partial charge in [-0.25, -0.2) is 4.98 Å². The molecule has 0 unspecified atom stereocenters. The highest BCUT2D eigenvalue weighted by molar-refractivity contribution is 5.79. The normalized spacial score (nSPS) is 11.4. The fourth-order valence-electron chi connectivity index (χ4n) is 3.14. The van der Waals surface area contributed by atoms with Crippen LogP contribution in [0, 0.1) is 0 Å². The van der Waals surface area contributed by atoms with Crippen LogP contribution in [0.3, 0.4) is 0 Å². The molecule has 0 fully saturated rings. The number of guanidine groups is 1. The molecule has 0 radical (unpaired) electrons. The maximum atomic E-state index is 9.73. The molecule has 0 saturated carbocycles. The van der Waals surface area contributed by atoms with E-state index in [1.807, 2.05) is 43.6 Å². The lowest BCUT2D eigenvalue weighted by atomic mass is 10.1. The molecule has 7 nitrogen and oxygen atoms in total. The standard InChI is InChI=1S/C23H29N5O2/c1-4-24-23(25-13-12-17-10-11-20(29)21(14-17)30-3)28(2)16-22-26-15-19(27-22)18-8-6-5-7-9-18/h5-11,14-15,29H,4,12-13,16H2,1-3H3,(H,24,25)(H,26,27). The van der Waals surface area contributed by atoms with Crippen molar-refractivity contribution in [3.8, 4) is 22.8 Å². The molecule has 2 aromatic carbocycles. The lowest BCUT2D eigenvalue weighted by Gasteiger charge is -2.21. The number of hydrogen-bond acceptors (Lipinski definition) is 4. The van der Waals surface area contributed by atoms with Crippen LogP contribution in [-0.4, -0.2) is 53.2 Å². The Hall–Kier alpha value is -3.48. The molecule has 0 saturated heterocycles. The molecule has 30 heavy (non-hydrogen) atoms. The molecule has 0 aliphatic heterocycles. The molecule has 3 aromatic rings.